The highest BCUT2D eigenvalue weighted by atomic mass is 79.9. The maximum absolute atomic E-state index is 13.1. The first-order valence-corrected chi connectivity index (χ1v) is 16.0. The summed E-state index contributed by atoms with van der Waals surface area (Å²) in [5.41, 5.74) is -0.0827. The van der Waals surface area contributed by atoms with Gasteiger partial charge in [-0.15, -0.1) is 0 Å². The lowest BCUT2D eigenvalue weighted by atomic mass is 9.88. The zero-order chi connectivity index (χ0) is 28.2. The molecular formula is C25H31BrN2O9S2. The molecule has 2 aliphatic heterocycles. The second-order valence-electron chi connectivity index (χ2n) is 9.75. The minimum atomic E-state index is -3.66. The third kappa shape index (κ3) is 7.50. The number of hydrogen-bond donors (Lipinski definition) is 3. The van der Waals surface area contributed by atoms with Crippen LogP contribution in [0.1, 0.15) is 24.8 Å². The number of ether oxygens (including phenoxy) is 2. The molecule has 2 N–H and O–H groups in total. The van der Waals surface area contributed by atoms with E-state index in [1.807, 2.05) is 0 Å². The molecule has 0 saturated carbocycles. The van der Waals surface area contributed by atoms with Crippen molar-refractivity contribution < 1.29 is 41.3 Å². The lowest BCUT2D eigenvalue weighted by Gasteiger charge is -2.38. The summed E-state index contributed by atoms with van der Waals surface area (Å²) >= 11 is 3.31. The lowest BCUT2D eigenvalue weighted by molar-refractivity contribution is -0.0319. The van der Waals surface area contributed by atoms with E-state index in [9.17, 15) is 31.8 Å². The number of amides is 1. The van der Waals surface area contributed by atoms with Crippen LogP contribution >= 0.6 is 15.9 Å². The van der Waals surface area contributed by atoms with E-state index in [1.165, 1.54) is 4.31 Å². The second kappa shape index (κ2) is 12.5. The van der Waals surface area contributed by atoms with Gasteiger partial charge in [-0.2, -0.15) is 4.31 Å². The van der Waals surface area contributed by atoms with Crippen LogP contribution in [0.15, 0.2) is 57.9 Å². The third-order valence-corrected chi connectivity index (χ3v) is 10.0. The Bertz CT molecular complexity index is 1350. The zero-order valence-corrected chi connectivity index (χ0v) is 24.3. The Labute approximate surface area is 237 Å². The van der Waals surface area contributed by atoms with Crippen molar-refractivity contribution in [3.8, 4) is 5.75 Å². The van der Waals surface area contributed by atoms with Gasteiger partial charge in [-0.25, -0.2) is 21.6 Å². The molecule has 2 aromatic rings. The molecule has 2 aliphatic rings. The van der Waals surface area contributed by atoms with Crippen molar-refractivity contribution >= 4 is 42.8 Å². The molecule has 11 nitrogen and oxygen atoms in total. The van der Waals surface area contributed by atoms with Crippen molar-refractivity contribution in [3.63, 3.8) is 0 Å². The highest BCUT2D eigenvalue weighted by molar-refractivity contribution is 9.10. The summed E-state index contributed by atoms with van der Waals surface area (Å²) in [6.07, 6.45) is -1.07. The fourth-order valence-electron chi connectivity index (χ4n) is 5.02. The van der Waals surface area contributed by atoms with Gasteiger partial charge in [0, 0.05) is 17.6 Å². The van der Waals surface area contributed by atoms with Gasteiger partial charge >= 0.3 is 6.09 Å². The quantitative estimate of drug-likeness (QED) is 0.330. The van der Waals surface area contributed by atoms with E-state index < -0.39 is 44.6 Å². The Morgan fingerprint density at radius 1 is 1.21 bits per heavy atom. The fourth-order valence-corrected chi connectivity index (χ4v) is 7.55. The minimum Gasteiger partial charge on any atom is -0.491 e. The molecule has 2 fully saturated rings. The molecule has 2 saturated heterocycles. The highest BCUT2D eigenvalue weighted by Crippen LogP contribution is 2.39. The maximum Gasteiger partial charge on any atom is 0.407 e. The number of thiol groups is 1. The molecule has 2 atom stereocenters. The molecule has 0 aromatic heterocycles. The largest absolute Gasteiger partial charge is 0.491 e. The normalized spacial score (nSPS) is 20.2. The van der Waals surface area contributed by atoms with E-state index in [1.54, 1.807) is 48.5 Å². The number of carboxylic acid groups (broad SMARTS) is 1. The van der Waals surface area contributed by atoms with Crippen LogP contribution in [-0.2, 0) is 31.2 Å². The maximum atomic E-state index is 13.1. The Hall–Kier alpha value is -2.23. The average molecular weight is 648 g/mol. The number of benzene rings is 2. The van der Waals surface area contributed by atoms with Crippen molar-refractivity contribution in [2.45, 2.75) is 47.7 Å². The van der Waals surface area contributed by atoms with E-state index in [2.05, 4.69) is 15.9 Å². The first-order valence-electron chi connectivity index (χ1n) is 12.4. The molecule has 0 radical (unpaired) electrons. The molecule has 2 aromatic carbocycles. The van der Waals surface area contributed by atoms with E-state index in [0.717, 1.165) is 4.90 Å². The predicted octanol–water partition coefficient (Wildman–Crippen LogP) is 2.29. The van der Waals surface area contributed by atoms with Crippen molar-refractivity contribution in [2.75, 3.05) is 32.8 Å². The Morgan fingerprint density at radius 3 is 2.59 bits per heavy atom. The number of halogens is 1. The SMILES string of the molecule is O=C(O)N(C[C@H](O)COc1cccc(C[SH](=O)=O)c1)C1COC2(CCN(S(=O)(=O)c3cccc(Br)c3)CC2)C1. The van der Waals surface area contributed by atoms with Gasteiger partial charge < -0.3 is 24.6 Å². The van der Waals surface area contributed by atoms with Crippen LogP contribution in [0.25, 0.3) is 0 Å². The molecule has 2 heterocycles. The van der Waals surface area contributed by atoms with Gasteiger partial charge in [-0.1, -0.05) is 34.1 Å². The number of rotatable bonds is 10. The Kier molecular flexibility index (Phi) is 9.55. The number of aliphatic hydroxyl groups is 1. The van der Waals surface area contributed by atoms with Crippen molar-refractivity contribution in [1.29, 1.82) is 0 Å². The van der Waals surface area contributed by atoms with Crippen LogP contribution in [0.2, 0.25) is 0 Å². The third-order valence-electron chi connectivity index (χ3n) is 7.00. The van der Waals surface area contributed by atoms with Gasteiger partial charge in [0.05, 0.1) is 35.4 Å². The summed E-state index contributed by atoms with van der Waals surface area (Å²) in [7, 11) is -6.25. The van der Waals surface area contributed by atoms with Crippen molar-refractivity contribution in [3.05, 3.63) is 58.6 Å². The molecule has 39 heavy (non-hydrogen) atoms. The number of aliphatic hydroxyl groups excluding tert-OH is 1. The molecule has 1 spiro atoms. The first kappa shape index (κ1) is 29.7. The van der Waals surface area contributed by atoms with E-state index in [4.69, 9.17) is 9.47 Å². The van der Waals surface area contributed by atoms with Gasteiger partial charge in [-0.3, -0.25) is 0 Å². The zero-order valence-electron chi connectivity index (χ0n) is 21.0. The number of hydrogen-bond acceptors (Lipinski definition) is 8. The Morgan fingerprint density at radius 2 is 1.92 bits per heavy atom. The molecule has 0 aliphatic carbocycles. The second-order valence-corrected chi connectivity index (χ2v) is 13.6. The summed E-state index contributed by atoms with van der Waals surface area (Å²) in [6.45, 7) is 0.274. The standard InChI is InChI=1S/C25H31BrN2O9S2/c26-19-4-2-6-23(12-19)39(34,35)27-9-7-25(8-10-27)13-20(15-37-25)28(24(30)31)14-21(29)16-36-22-5-1-3-18(11-22)17-38(32)33/h1-6,11-12,20-21,29,38H,7-10,13-17H2,(H,30,31)/t20?,21-/m0/s1. The van der Waals surface area contributed by atoms with E-state index >= 15 is 0 Å². The monoisotopic (exact) mass is 646 g/mol. The van der Waals surface area contributed by atoms with Crippen LogP contribution in [0.4, 0.5) is 4.79 Å². The van der Waals surface area contributed by atoms with E-state index in [-0.39, 0.29) is 43.5 Å². The van der Waals surface area contributed by atoms with E-state index in [0.29, 0.717) is 35.0 Å². The van der Waals surface area contributed by atoms with Crippen LogP contribution < -0.4 is 4.74 Å². The predicted molar refractivity (Wildman–Crippen MR) is 146 cm³/mol. The number of sulfonamides is 1. The Balaban J connectivity index is 1.32. The van der Waals surface area contributed by atoms with Gasteiger partial charge in [0.15, 0.2) is 0 Å². The lowest BCUT2D eigenvalue weighted by Crippen LogP contribution is -2.48. The summed E-state index contributed by atoms with van der Waals surface area (Å²) in [5, 5.41) is 20.4. The van der Waals surface area contributed by atoms with Crippen LogP contribution in [0.5, 0.6) is 5.75 Å². The topological polar surface area (TPSA) is 151 Å². The van der Waals surface area contributed by atoms with Crippen LogP contribution in [-0.4, -0.2) is 92.9 Å². The molecule has 1 amide bonds. The number of piperidine rings is 1. The number of carbonyl (C=O) groups is 1. The summed E-state index contributed by atoms with van der Waals surface area (Å²) < 4.78 is 61.8. The van der Waals surface area contributed by atoms with Gasteiger partial charge in [0.25, 0.3) is 0 Å². The molecular weight excluding hydrogens is 616 g/mol. The molecule has 0 bridgehead atoms. The van der Waals surface area contributed by atoms with Gasteiger partial charge in [0.2, 0.25) is 10.0 Å². The smallest absolute Gasteiger partial charge is 0.407 e. The molecule has 214 valence electrons. The summed E-state index contributed by atoms with van der Waals surface area (Å²) in [5.74, 6) is 0.247. The molecule has 14 heteroatoms. The first-order chi connectivity index (χ1) is 18.5. The summed E-state index contributed by atoms with van der Waals surface area (Å²) in [6, 6.07) is 12.5. The van der Waals surface area contributed by atoms with Crippen molar-refractivity contribution in [1.82, 2.24) is 9.21 Å². The van der Waals surface area contributed by atoms with Gasteiger partial charge in [-0.05, 0) is 55.2 Å². The van der Waals surface area contributed by atoms with Crippen LogP contribution in [0.3, 0.4) is 0 Å². The number of nitrogens with zero attached hydrogens (tertiary/aromatic N) is 2. The minimum absolute atomic E-state index is 0.126. The summed E-state index contributed by atoms with van der Waals surface area (Å²) in [4.78, 5) is 13.4. The van der Waals surface area contributed by atoms with Gasteiger partial charge in [0.1, 0.15) is 29.2 Å². The van der Waals surface area contributed by atoms with Crippen LogP contribution in [0, 0.1) is 0 Å². The molecule has 1 unspecified atom stereocenters. The highest BCUT2D eigenvalue weighted by Gasteiger charge is 2.47. The molecule has 4 rings (SSSR count). The average Bonchev–Trinajstić information content (AvgIpc) is 3.28. The fraction of sp³-hybridized carbons (Fsp3) is 0.480. The van der Waals surface area contributed by atoms with Crippen molar-refractivity contribution in [2.24, 2.45) is 0 Å².